The van der Waals surface area contributed by atoms with Gasteiger partial charge in [0.2, 0.25) is 0 Å². The Kier molecular flexibility index (Phi) is 4.52. The van der Waals surface area contributed by atoms with Crippen LogP contribution in [-0.4, -0.2) is 5.11 Å². The maximum absolute atomic E-state index is 9.48. The molecule has 27 heavy (non-hydrogen) atoms. The van der Waals surface area contributed by atoms with Gasteiger partial charge in [-0.3, -0.25) is 0 Å². The van der Waals surface area contributed by atoms with E-state index in [1.54, 1.807) is 12.1 Å². The van der Waals surface area contributed by atoms with Gasteiger partial charge in [0.15, 0.2) is 0 Å². The lowest BCUT2D eigenvalue weighted by Crippen LogP contribution is -1.86. The molecule has 0 aliphatic rings. The molecule has 0 fully saturated rings. The summed E-state index contributed by atoms with van der Waals surface area (Å²) >= 11 is 0. The number of hydrogen-bond acceptors (Lipinski definition) is 1. The van der Waals surface area contributed by atoms with Crippen LogP contribution in [0.1, 0.15) is 11.1 Å². The van der Waals surface area contributed by atoms with Gasteiger partial charge in [-0.15, -0.1) is 0 Å². The summed E-state index contributed by atoms with van der Waals surface area (Å²) in [5.74, 6) is 0.293. The number of phenolic OH excluding ortho intramolecular Hbond substituents is 1. The predicted octanol–water partition coefficient (Wildman–Crippen LogP) is 7.01. The molecule has 4 aromatic rings. The maximum atomic E-state index is 9.48. The molecule has 0 unspecified atom stereocenters. The average Bonchev–Trinajstić information content (AvgIpc) is 2.69. The lowest BCUT2D eigenvalue weighted by atomic mass is 9.94. The first-order valence-electron chi connectivity index (χ1n) is 9.18. The second-order valence-corrected chi connectivity index (χ2v) is 7.02. The number of rotatable bonds is 3. The average molecular weight is 350 g/mol. The first kappa shape index (κ1) is 17.1. The summed E-state index contributed by atoms with van der Waals surface area (Å²) in [6.45, 7) is 4.24. The number of benzene rings is 4. The highest BCUT2D eigenvalue weighted by Crippen LogP contribution is 2.30. The molecule has 0 aliphatic heterocycles. The predicted molar refractivity (Wildman–Crippen MR) is 114 cm³/mol. The van der Waals surface area contributed by atoms with Gasteiger partial charge in [0.25, 0.3) is 0 Å². The fraction of sp³-hybridized carbons (Fsp3) is 0.0769. The van der Waals surface area contributed by atoms with Gasteiger partial charge in [-0.2, -0.15) is 0 Å². The molecule has 1 nitrogen and oxygen atoms in total. The molecule has 0 heterocycles. The van der Waals surface area contributed by atoms with Crippen molar-refractivity contribution >= 4 is 0 Å². The minimum Gasteiger partial charge on any atom is -0.508 e. The normalized spacial score (nSPS) is 10.7. The molecule has 0 atom stereocenters. The first-order valence-corrected chi connectivity index (χ1v) is 9.18. The molecule has 1 heteroatoms. The molecule has 0 aromatic heterocycles. The third-order valence-corrected chi connectivity index (χ3v) is 5.01. The Morgan fingerprint density at radius 1 is 0.481 bits per heavy atom. The third kappa shape index (κ3) is 3.63. The van der Waals surface area contributed by atoms with Crippen LogP contribution in [0.2, 0.25) is 0 Å². The Hall–Kier alpha value is -3.32. The lowest BCUT2D eigenvalue weighted by molar-refractivity contribution is 0.475. The van der Waals surface area contributed by atoms with Crippen LogP contribution in [0.25, 0.3) is 33.4 Å². The fourth-order valence-electron chi connectivity index (χ4n) is 3.41. The van der Waals surface area contributed by atoms with Crippen LogP contribution in [0.4, 0.5) is 0 Å². The van der Waals surface area contributed by atoms with Crippen LogP contribution < -0.4 is 0 Å². The molecule has 1 N–H and O–H groups in total. The highest BCUT2D eigenvalue weighted by Gasteiger charge is 2.06. The summed E-state index contributed by atoms with van der Waals surface area (Å²) in [5.41, 5.74) is 9.71. The summed E-state index contributed by atoms with van der Waals surface area (Å²) in [6, 6.07) is 31.3. The van der Waals surface area contributed by atoms with Crippen LogP contribution in [0, 0.1) is 13.8 Å². The van der Waals surface area contributed by atoms with E-state index in [-0.39, 0.29) is 0 Å². The van der Waals surface area contributed by atoms with Crippen LogP contribution in [0.3, 0.4) is 0 Å². The third-order valence-electron chi connectivity index (χ3n) is 5.01. The van der Waals surface area contributed by atoms with Crippen molar-refractivity contribution in [3.63, 3.8) is 0 Å². The van der Waals surface area contributed by atoms with Crippen molar-refractivity contribution in [3.8, 4) is 39.1 Å². The first-order chi connectivity index (χ1) is 13.1. The van der Waals surface area contributed by atoms with Gasteiger partial charge in [-0.05, 0) is 64.9 Å². The monoisotopic (exact) mass is 350 g/mol. The van der Waals surface area contributed by atoms with Gasteiger partial charge < -0.3 is 5.11 Å². The van der Waals surface area contributed by atoms with Crippen molar-refractivity contribution in [2.24, 2.45) is 0 Å². The summed E-state index contributed by atoms with van der Waals surface area (Å²) in [4.78, 5) is 0. The molecule has 4 aromatic carbocycles. The highest BCUT2D eigenvalue weighted by molar-refractivity contribution is 5.75. The molecule has 0 aliphatic carbocycles. The fourth-order valence-corrected chi connectivity index (χ4v) is 3.41. The van der Waals surface area contributed by atoms with Crippen LogP contribution >= 0.6 is 0 Å². The summed E-state index contributed by atoms with van der Waals surface area (Å²) in [6.07, 6.45) is 0. The van der Waals surface area contributed by atoms with Crippen LogP contribution in [0.5, 0.6) is 5.75 Å². The van der Waals surface area contributed by atoms with E-state index in [4.69, 9.17) is 0 Å². The summed E-state index contributed by atoms with van der Waals surface area (Å²) < 4.78 is 0. The summed E-state index contributed by atoms with van der Waals surface area (Å²) in [7, 11) is 0. The van der Waals surface area contributed by atoms with E-state index in [1.165, 1.54) is 38.9 Å². The minimum atomic E-state index is 0.293. The minimum absolute atomic E-state index is 0.293. The Bertz CT molecular complexity index is 1060. The van der Waals surface area contributed by atoms with E-state index in [0.29, 0.717) is 5.75 Å². The zero-order valence-corrected chi connectivity index (χ0v) is 15.6. The van der Waals surface area contributed by atoms with Crippen molar-refractivity contribution in [2.75, 3.05) is 0 Å². The topological polar surface area (TPSA) is 20.2 Å². The largest absolute Gasteiger partial charge is 0.508 e. The molecule has 0 amide bonds. The molecule has 0 bridgehead atoms. The zero-order chi connectivity index (χ0) is 18.8. The van der Waals surface area contributed by atoms with Crippen LogP contribution in [0.15, 0.2) is 91.0 Å². The van der Waals surface area contributed by atoms with Crippen molar-refractivity contribution in [1.29, 1.82) is 0 Å². The second-order valence-electron chi connectivity index (χ2n) is 7.02. The van der Waals surface area contributed by atoms with Crippen molar-refractivity contribution in [2.45, 2.75) is 13.8 Å². The number of aromatic hydroxyl groups is 1. The molecular formula is C26H22O. The molecule has 0 spiro atoms. The SMILES string of the molecule is Cc1ccc(-c2ccc(-c3ccc(-c4ccc(O)cc4)c(C)c3)cc2)cc1. The molecule has 4 rings (SSSR count). The van der Waals surface area contributed by atoms with Gasteiger partial charge in [-0.25, -0.2) is 0 Å². The van der Waals surface area contributed by atoms with E-state index in [1.807, 2.05) is 12.1 Å². The molecule has 0 radical (unpaired) electrons. The quantitative estimate of drug-likeness (QED) is 0.421. The number of aryl methyl sites for hydroxylation is 2. The highest BCUT2D eigenvalue weighted by atomic mass is 16.3. The van der Waals surface area contributed by atoms with E-state index < -0.39 is 0 Å². The van der Waals surface area contributed by atoms with E-state index in [2.05, 4.69) is 80.6 Å². The molecule has 0 saturated heterocycles. The van der Waals surface area contributed by atoms with Gasteiger partial charge in [0.05, 0.1) is 0 Å². The Morgan fingerprint density at radius 3 is 1.48 bits per heavy atom. The van der Waals surface area contributed by atoms with Gasteiger partial charge >= 0.3 is 0 Å². The van der Waals surface area contributed by atoms with E-state index >= 15 is 0 Å². The Balaban J connectivity index is 1.62. The van der Waals surface area contributed by atoms with Gasteiger partial charge in [0.1, 0.15) is 5.75 Å². The molecular weight excluding hydrogens is 328 g/mol. The Labute approximate surface area is 160 Å². The standard InChI is InChI=1S/C26H22O/c1-18-3-5-20(6-4-18)21-7-9-22(10-8-21)24-13-16-26(19(2)17-24)23-11-14-25(27)15-12-23/h3-17,27H,1-2H3. The maximum Gasteiger partial charge on any atom is 0.115 e. The van der Waals surface area contributed by atoms with Crippen molar-refractivity contribution in [3.05, 3.63) is 102 Å². The van der Waals surface area contributed by atoms with Gasteiger partial charge in [0, 0.05) is 0 Å². The number of hydrogen-bond donors (Lipinski definition) is 1. The molecule has 0 saturated carbocycles. The van der Waals surface area contributed by atoms with E-state index in [9.17, 15) is 5.11 Å². The number of phenols is 1. The molecule has 132 valence electrons. The van der Waals surface area contributed by atoms with E-state index in [0.717, 1.165) is 5.56 Å². The van der Waals surface area contributed by atoms with Crippen molar-refractivity contribution < 1.29 is 5.11 Å². The second kappa shape index (κ2) is 7.13. The zero-order valence-electron chi connectivity index (χ0n) is 15.6. The smallest absolute Gasteiger partial charge is 0.115 e. The van der Waals surface area contributed by atoms with Crippen LogP contribution in [-0.2, 0) is 0 Å². The van der Waals surface area contributed by atoms with Crippen molar-refractivity contribution in [1.82, 2.24) is 0 Å². The lowest BCUT2D eigenvalue weighted by Gasteiger charge is -2.10. The Morgan fingerprint density at radius 2 is 0.926 bits per heavy atom. The van der Waals surface area contributed by atoms with Gasteiger partial charge in [-0.1, -0.05) is 84.4 Å². The summed E-state index contributed by atoms with van der Waals surface area (Å²) in [5, 5.41) is 9.48.